The largest absolute Gasteiger partial charge is 0.481 e. The van der Waals surface area contributed by atoms with Crippen molar-refractivity contribution in [3.05, 3.63) is 27.4 Å². The van der Waals surface area contributed by atoms with Gasteiger partial charge in [0.1, 0.15) is 0 Å². The van der Waals surface area contributed by atoms with Gasteiger partial charge >= 0.3 is 11.7 Å². The molecule has 1 rings (SSSR count). The van der Waals surface area contributed by atoms with Crippen molar-refractivity contribution in [1.29, 1.82) is 0 Å². The minimum atomic E-state index is -0.891. The van der Waals surface area contributed by atoms with Crippen LogP contribution in [0.2, 0.25) is 0 Å². The Labute approximate surface area is 126 Å². The lowest BCUT2D eigenvalue weighted by atomic mass is 9.99. The molecule has 0 aliphatic carbocycles. The third-order valence-corrected chi connectivity index (χ3v) is 4.38. The minimum absolute atomic E-state index is 0.335. The predicted molar refractivity (Wildman–Crippen MR) is 82.0 cm³/mol. The third-order valence-electron chi connectivity index (χ3n) is 3.52. The molecule has 6 nitrogen and oxygen atoms in total. The first-order valence-corrected chi connectivity index (χ1v) is 8.56. The Kier molecular flexibility index (Phi) is 6.26. The number of carbonyl (C=O) groups is 1. The normalized spacial score (nSPS) is 13.9. The first kappa shape index (κ1) is 17.6. The van der Waals surface area contributed by atoms with Crippen LogP contribution >= 0.6 is 0 Å². The van der Waals surface area contributed by atoms with E-state index in [1.54, 1.807) is 24.7 Å². The second kappa shape index (κ2) is 7.49. The monoisotopic (exact) mass is 314 g/mol. The summed E-state index contributed by atoms with van der Waals surface area (Å²) >= 11 is 0. The van der Waals surface area contributed by atoms with Crippen LogP contribution in [0.25, 0.3) is 0 Å². The van der Waals surface area contributed by atoms with E-state index in [1.165, 1.54) is 0 Å². The lowest BCUT2D eigenvalue weighted by molar-refractivity contribution is -0.141. The molecule has 7 heteroatoms. The molecule has 21 heavy (non-hydrogen) atoms. The Balaban J connectivity index is 3.07. The molecule has 0 aromatic carbocycles. The summed E-state index contributed by atoms with van der Waals surface area (Å²) in [6, 6.07) is 0. The number of carboxylic acids is 1. The van der Waals surface area contributed by atoms with E-state index < -0.39 is 22.7 Å². The number of aromatic nitrogens is 2. The van der Waals surface area contributed by atoms with Crippen molar-refractivity contribution >= 4 is 16.8 Å². The zero-order valence-corrected chi connectivity index (χ0v) is 13.7. The Bertz CT molecular complexity index is 610. The summed E-state index contributed by atoms with van der Waals surface area (Å²) < 4.78 is 12.6. The van der Waals surface area contributed by atoms with Gasteiger partial charge in [-0.1, -0.05) is 6.92 Å². The number of nitrogens with zero attached hydrogens (tertiary/aromatic N) is 2. The lowest BCUT2D eigenvalue weighted by Gasteiger charge is -2.16. The van der Waals surface area contributed by atoms with Crippen LogP contribution in [0.5, 0.6) is 0 Å². The summed E-state index contributed by atoms with van der Waals surface area (Å²) in [6.07, 6.45) is 2.60. The quantitative estimate of drug-likeness (QED) is 0.807. The minimum Gasteiger partial charge on any atom is -0.481 e. The number of aliphatic carboxylic acids is 1. The molecule has 0 radical (unpaired) electrons. The van der Waals surface area contributed by atoms with E-state index in [2.05, 4.69) is 4.98 Å². The molecule has 0 aliphatic rings. The van der Waals surface area contributed by atoms with Crippen molar-refractivity contribution < 1.29 is 14.1 Å². The van der Waals surface area contributed by atoms with Crippen molar-refractivity contribution in [3.8, 4) is 0 Å². The maximum atomic E-state index is 12.0. The van der Waals surface area contributed by atoms with E-state index in [9.17, 15) is 13.8 Å². The van der Waals surface area contributed by atoms with E-state index >= 15 is 0 Å². The molecule has 2 unspecified atom stereocenters. The smallest absolute Gasteiger partial charge is 0.347 e. The van der Waals surface area contributed by atoms with Gasteiger partial charge in [-0.25, -0.2) is 4.79 Å². The summed E-state index contributed by atoms with van der Waals surface area (Å²) in [7, 11) is -0.891. The molecule has 0 fully saturated rings. The van der Waals surface area contributed by atoms with Crippen molar-refractivity contribution in [2.75, 3.05) is 12.0 Å². The summed E-state index contributed by atoms with van der Waals surface area (Å²) in [5, 5.41) is 9.03. The second-order valence-electron chi connectivity index (χ2n) is 5.27. The average molecular weight is 314 g/mol. The number of carboxylic acid groups (broad SMARTS) is 1. The summed E-state index contributed by atoms with van der Waals surface area (Å²) in [6.45, 7) is 5.62. The fraction of sp³-hybridized carbons (Fsp3) is 0.643. The van der Waals surface area contributed by atoms with Gasteiger partial charge in [0.15, 0.2) is 0 Å². The second-order valence-corrected chi connectivity index (χ2v) is 6.82. The highest BCUT2D eigenvalue weighted by Gasteiger charge is 2.18. The van der Waals surface area contributed by atoms with E-state index in [1.807, 2.05) is 6.92 Å². The van der Waals surface area contributed by atoms with Gasteiger partial charge in [0, 0.05) is 40.7 Å². The number of hydrogen-bond donors (Lipinski definition) is 1. The topological polar surface area (TPSA) is 89.3 Å². The van der Waals surface area contributed by atoms with Crippen molar-refractivity contribution in [2.24, 2.45) is 5.92 Å². The highest BCUT2D eigenvalue weighted by Crippen LogP contribution is 2.15. The SMILES string of the molecule is Cc1nc(=O)n(CCCS(C)=O)c(C)c1CC(C)C(=O)O. The van der Waals surface area contributed by atoms with Crippen molar-refractivity contribution in [3.63, 3.8) is 0 Å². The van der Waals surface area contributed by atoms with Crippen LogP contribution in [-0.2, 0) is 28.6 Å². The molecule has 0 saturated carbocycles. The van der Waals surface area contributed by atoms with Crippen LogP contribution < -0.4 is 5.69 Å². The Morgan fingerprint density at radius 1 is 1.43 bits per heavy atom. The molecule has 0 aliphatic heterocycles. The van der Waals surface area contributed by atoms with Crippen molar-refractivity contribution in [2.45, 2.75) is 40.2 Å². The van der Waals surface area contributed by atoms with Gasteiger partial charge < -0.3 is 5.11 Å². The van der Waals surface area contributed by atoms with Crippen molar-refractivity contribution in [1.82, 2.24) is 9.55 Å². The molecular formula is C14H22N2O4S. The van der Waals surface area contributed by atoms with E-state index in [0.717, 1.165) is 11.3 Å². The molecule has 1 heterocycles. The van der Waals surface area contributed by atoms with Crippen LogP contribution in [0.1, 0.15) is 30.3 Å². The molecule has 0 bridgehead atoms. The van der Waals surface area contributed by atoms with Gasteiger partial charge in [-0.15, -0.1) is 0 Å². The first-order chi connectivity index (χ1) is 9.73. The predicted octanol–water partition coefficient (Wildman–Crippen LogP) is 0.892. The molecule has 2 atom stereocenters. The molecule has 1 N–H and O–H groups in total. The van der Waals surface area contributed by atoms with E-state index in [-0.39, 0.29) is 5.69 Å². The van der Waals surface area contributed by atoms with Crippen LogP contribution in [0.15, 0.2) is 4.79 Å². The standard InChI is InChI=1S/C14H22N2O4S/c1-9(13(17)18)8-12-10(2)15-14(19)16(11(12)3)6-5-7-21(4)20/h9H,5-8H2,1-4H3,(H,17,18). The Morgan fingerprint density at radius 2 is 2.05 bits per heavy atom. The number of hydrogen-bond acceptors (Lipinski definition) is 4. The highest BCUT2D eigenvalue weighted by atomic mass is 32.2. The summed E-state index contributed by atoms with van der Waals surface area (Å²) in [5.74, 6) is -0.869. The number of rotatable bonds is 7. The van der Waals surface area contributed by atoms with Crippen LogP contribution in [0.3, 0.4) is 0 Å². The van der Waals surface area contributed by atoms with Crippen LogP contribution in [0.4, 0.5) is 0 Å². The molecule has 1 aromatic heterocycles. The zero-order chi connectivity index (χ0) is 16.2. The van der Waals surface area contributed by atoms with Gasteiger partial charge in [0.2, 0.25) is 0 Å². The van der Waals surface area contributed by atoms with Gasteiger partial charge in [-0.3, -0.25) is 13.6 Å². The summed E-state index contributed by atoms with van der Waals surface area (Å²) in [4.78, 5) is 27.0. The van der Waals surface area contributed by atoms with E-state index in [0.29, 0.717) is 30.8 Å². The van der Waals surface area contributed by atoms with Crippen LogP contribution in [0, 0.1) is 19.8 Å². The molecule has 0 saturated heterocycles. The average Bonchev–Trinajstić information content (AvgIpc) is 2.37. The van der Waals surface area contributed by atoms with Gasteiger partial charge in [0.05, 0.1) is 5.92 Å². The number of aryl methyl sites for hydroxylation is 1. The zero-order valence-electron chi connectivity index (χ0n) is 12.9. The third kappa shape index (κ3) is 4.77. The maximum absolute atomic E-state index is 12.0. The fourth-order valence-electron chi connectivity index (χ4n) is 2.22. The van der Waals surface area contributed by atoms with E-state index in [4.69, 9.17) is 5.11 Å². The fourth-order valence-corrected chi connectivity index (χ4v) is 2.75. The van der Waals surface area contributed by atoms with Crippen LogP contribution in [-0.4, -0.2) is 36.8 Å². The molecular weight excluding hydrogens is 292 g/mol. The first-order valence-electron chi connectivity index (χ1n) is 6.83. The Hall–Kier alpha value is -1.50. The van der Waals surface area contributed by atoms with Gasteiger partial charge in [0.25, 0.3) is 0 Å². The molecule has 1 aromatic rings. The Morgan fingerprint density at radius 3 is 2.57 bits per heavy atom. The van der Waals surface area contributed by atoms with Gasteiger partial charge in [-0.2, -0.15) is 4.98 Å². The highest BCUT2D eigenvalue weighted by molar-refractivity contribution is 7.84. The molecule has 0 amide bonds. The molecule has 0 spiro atoms. The van der Waals surface area contributed by atoms with Gasteiger partial charge in [-0.05, 0) is 32.3 Å². The maximum Gasteiger partial charge on any atom is 0.347 e. The summed E-state index contributed by atoms with van der Waals surface area (Å²) in [5.41, 5.74) is 1.81. The lowest BCUT2D eigenvalue weighted by Crippen LogP contribution is -2.29. The molecule has 118 valence electrons.